The van der Waals surface area contributed by atoms with Gasteiger partial charge in [-0.25, -0.2) is 9.67 Å². The molecule has 0 aliphatic heterocycles. The number of nitrogens with zero attached hydrogens (tertiary/aromatic N) is 4. The van der Waals surface area contributed by atoms with Crippen LogP contribution < -0.4 is 0 Å². The summed E-state index contributed by atoms with van der Waals surface area (Å²) in [6.07, 6.45) is 5.89. The molecular formula is C13H14ClN5O. The summed E-state index contributed by atoms with van der Waals surface area (Å²) in [6.45, 7) is 2.10. The summed E-state index contributed by atoms with van der Waals surface area (Å²) in [5, 5.41) is 18.7. The van der Waals surface area contributed by atoms with Crippen LogP contribution in [-0.4, -0.2) is 36.7 Å². The van der Waals surface area contributed by atoms with Crippen molar-refractivity contribution in [3.63, 3.8) is 0 Å². The molecule has 0 fully saturated rings. The summed E-state index contributed by atoms with van der Waals surface area (Å²) in [7, 11) is 0. The Morgan fingerprint density at radius 2 is 2.35 bits per heavy atom. The Hall–Kier alpha value is -1.92. The summed E-state index contributed by atoms with van der Waals surface area (Å²) in [4.78, 5) is 7.27. The number of aromatic nitrogens is 5. The van der Waals surface area contributed by atoms with E-state index >= 15 is 0 Å². The van der Waals surface area contributed by atoms with Gasteiger partial charge in [-0.05, 0) is 19.4 Å². The number of aliphatic hydroxyl groups is 1. The number of H-pyrrole nitrogens is 1. The third-order valence-corrected chi connectivity index (χ3v) is 3.59. The molecule has 0 aliphatic rings. The van der Waals surface area contributed by atoms with Crippen LogP contribution in [0.1, 0.15) is 19.4 Å². The Bertz CT molecular complexity index is 735. The first-order chi connectivity index (χ1) is 9.70. The van der Waals surface area contributed by atoms with E-state index in [9.17, 15) is 0 Å². The van der Waals surface area contributed by atoms with Crippen molar-refractivity contribution in [3.05, 3.63) is 29.7 Å². The summed E-state index contributed by atoms with van der Waals surface area (Å²) >= 11 is 6.25. The lowest BCUT2D eigenvalue weighted by Crippen LogP contribution is -2.07. The van der Waals surface area contributed by atoms with Crippen molar-refractivity contribution in [3.8, 4) is 11.3 Å². The van der Waals surface area contributed by atoms with Gasteiger partial charge in [0.25, 0.3) is 0 Å². The predicted molar refractivity (Wildman–Crippen MR) is 76.5 cm³/mol. The van der Waals surface area contributed by atoms with Gasteiger partial charge in [0.1, 0.15) is 11.3 Å². The maximum Gasteiger partial charge on any atom is 0.138 e. The standard InChI is InChI=1S/C13H14ClN5O/c1-8(3-5-20)19-7-11(17-18-19)12-9-2-4-15-13(9)16-6-10(12)14/h2,4,6-8,20H,3,5H2,1H3,(H,15,16)/t8-/m1/s1. The Kier molecular flexibility index (Phi) is 3.42. The number of fused-ring (bicyclic) bond motifs is 1. The Morgan fingerprint density at radius 1 is 1.50 bits per heavy atom. The van der Waals surface area contributed by atoms with Crippen molar-refractivity contribution in [2.45, 2.75) is 19.4 Å². The van der Waals surface area contributed by atoms with Crippen LogP contribution in [0.4, 0.5) is 0 Å². The maximum absolute atomic E-state index is 8.98. The Morgan fingerprint density at radius 3 is 3.15 bits per heavy atom. The fraction of sp³-hybridized carbons (Fsp3) is 0.308. The van der Waals surface area contributed by atoms with Gasteiger partial charge in [-0.3, -0.25) is 0 Å². The zero-order chi connectivity index (χ0) is 14.1. The van der Waals surface area contributed by atoms with E-state index in [2.05, 4.69) is 20.3 Å². The Labute approximate surface area is 120 Å². The van der Waals surface area contributed by atoms with Gasteiger partial charge in [0.15, 0.2) is 0 Å². The highest BCUT2D eigenvalue weighted by molar-refractivity contribution is 6.34. The molecule has 0 saturated carbocycles. The SMILES string of the molecule is C[C@H](CCO)n1cc(-c2c(Cl)cnc3[nH]ccc23)nn1. The first-order valence-corrected chi connectivity index (χ1v) is 6.73. The van der Waals surface area contributed by atoms with Gasteiger partial charge < -0.3 is 10.1 Å². The van der Waals surface area contributed by atoms with Crippen molar-refractivity contribution >= 4 is 22.6 Å². The van der Waals surface area contributed by atoms with Crippen LogP contribution in [-0.2, 0) is 0 Å². The lowest BCUT2D eigenvalue weighted by Gasteiger charge is -2.08. The van der Waals surface area contributed by atoms with Gasteiger partial charge >= 0.3 is 0 Å². The average molecular weight is 292 g/mol. The second-order valence-corrected chi connectivity index (χ2v) is 5.07. The van der Waals surface area contributed by atoms with Crippen LogP contribution in [0.5, 0.6) is 0 Å². The quantitative estimate of drug-likeness (QED) is 0.773. The molecule has 0 radical (unpaired) electrons. The molecule has 1 atom stereocenters. The van der Waals surface area contributed by atoms with Crippen molar-refractivity contribution < 1.29 is 5.11 Å². The summed E-state index contributed by atoms with van der Waals surface area (Å²) in [5.41, 5.74) is 2.29. The number of aliphatic hydroxyl groups excluding tert-OH is 1. The highest BCUT2D eigenvalue weighted by Crippen LogP contribution is 2.32. The smallest absolute Gasteiger partial charge is 0.138 e. The molecule has 0 unspecified atom stereocenters. The first-order valence-electron chi connectivity index (χ1n) is 6.35. The summed E-state index contributed by atoms with van der Waals surface area (Å²) in [6, 6.07) is 2.00. The highest BCUT2D eigenvalue weighted by atomic mass is 35.5. The number of hydrogen-bond donors (Lipinski definition) is 2. The minimum Gasteiger partial charge on any atom is -0.396 e. The van der Waals surface area contributed by atoms with Crippen LogP contribution in [0.3, 0.4) is 0 Å². The topological polar surface area (TPSA) is 79.6 Å². The molecular weight excluding hydrogens is 278 g/mol. The maximum atomic E-state index is 8.98. The summed E-state index contributed by atoms with van der Waals surface area (Å²) in [5.74, 6) is 0. The molecule has 0 bridgehead atoms. The number of nitrogens with one attached hydrogen (secondary N) is 1. The summed E-state index contributed by atoms with van der Waals surface area (Å²) < 4.78 is 1.74. The van der Waals surface area contributed by atoms with Crippen LogP contribution in [0, 0.1) is 0 Å². The highest BCUT2D eigenvalue weighted by Gasteiger charge is 2.15. The minimum absolute atomic E-state index is 0.0866. The lowest BCUT2D eigenvalue weighted by atomic mass is 10.1. The molecule has 3 rings (SSSR count). The fourth-order valence-corrected chi connectivity index (χ4v) is 2.42. The Balaban J connectivity index is 2.07. The monoisotopic (exact) mass is 291 g/mol. The van der Waals surface area contributed by atoms with E-state index in [0.717, 1.165) is 16.6 Å². The van der Waals surface area contributed by atoms with Crippen LogP contribution in [0.15, 0.2) is 24.7 Å². The van der Waals surface area contributed by atoms with Gasteiger partial charge in [-0.15, -0.1) is 5.10 Å². The van der Waals surface area contributed by atoms with E-state index in [-0.39, 0.29) is 12.6 Å². The van der Waals surface area contributed by atoms with E-state index in [1.54, 1.807) is 10.9 Å². The van der Waals surface area contributed by atoms with Gasteiger partial charge in [0, 0.05) is 30.0 Å². The van der Waals surface area contributed by atoms with Gasteiger partial charge in [-0.2, -0.15) is 0 Å². The third kappa shape index (κ3) is 2.17. The molecule has 0 spiro atoms. The molecule has 20 heavy (non-hydrogen) atoms. The van der Waals surface area contributed by atoms with Crippen LogP contribution >= 0.6 is 11.6 Å². The number of aromatic amines is 1. The number of pyridine rings is 1. The van der Waals surface area contributed by atoms with Crippen molar-refractivity contribution in [1.29, 1.82) is 0 Å². The predicted octanol–water partition coefficient (Wildman–Crippen LogP) is 2.42. The molecule has 0 aromatic carbocycles. The van der Waals surface area contributed by atoms with Crippen LogP contribution in [0.2, 0.25) is 5.02 Å². The molecule has 104 valence electrons. The molecule has 0 saturated heterocycles. The molecule has 3 heterocycles. The molecule has 3 aromatic rings. The lowest BCUT2D eigenvalue weighted by molar-refractivity contribution is 0.256. The second-order valence-electron chi connectivity index (χ2n) is 4.67. The van der Waals surface area contributed by atoms with Gasteiger partial charge in [-0.1, -0.05) is 16.8 Å². The van der Waals surface area contributed by atoms with Crippen molar-refractivity contribution in [1.82, 2.24) is 25.0 Å². The molecule has 3 aromatic heterocycles. The van der Waals surface area contributed by atoms with Gasteiger partial charge in [0.05, 0.1) is 17.3 Å². The van der Waals surface area contributed by atoms with E-state index < -0.39 is 0 Å². The molecule has 2 N–H and O–H groups in total. The molecule has 7 heteroatoms. The van der Waals surface area contributed by atoms with Crippen molar-refractivity contribution in [2.24, 2.45) is 0 Å². The number of hydrogen-bond acceptors (Lipinski definition) is 4. The number of rotatable bonds is 4. The van der Waals surface area contributed by atoms with Crippen LogP contribution in [0.25, 0.3) is 22.3 Å². The van der Waals surface area contributed by atoms with E-state index in [1.807, 2.05) is 25.4 Å². The van der Waals surface area contributed by atoms with E-state index in [4.69, 9.17) is 16.7 Å². The third-order valence-electron chi connectivity index (χ3n) is 3.31. The fourth-order valence-electron chi connectivity index (χ4n) is 2.17. The molecule has 6 nitrogen and oxygen atoms in total. The van der Waals surface area contributed by atoms with E-state index in [0.29, 0.717) is 17.1 Å². The number of halogens is 1. The minimum atomic E-state index is 0.0866. The average Bonchev–Trinajstić information content (AvgIpc) is 3.07. The van der Waals surface area contributed by atoms with Crippen molar-refractivity contribution in [2.75, 3.05) is 6.61 Å². The molecule has 0 aliphatic carbocycles. The van der Waals surface area contributed by atoms with E-state index in [1.165, 1.54) is 0 Å². The van der Waals surface area contributed by atoms with Gasteiger partial charge in [0.2, 0.25) is 0 Å². The second kappa shape index (κ2) is 5.22. The molecule has 0 amide bonds. The largest absolute Gasteiger partial charge is 0.396 e. The first kappa shape index (κ1) is 13.1. The normalized spacial score (nSPS) is 12.9. The zero-order valence-corrected chi connectivity index (χ0v) is 11.7. The zero-order valence-electron chi connectivity index (χ0n) is 10.9.